The summed E-state index contributed by atoms with van der Waals surface area (Å²) in [6, 6.07) is 3.33. The van der Waals surface area contributed by atoms with Crippen molar-refractivity contribution in [2.75, 3.05) is 14.1 Å². The molecule has 0 atom stereocenters. The topological polar surface area (TPSA) is 50.3 Å². The smallest absolute Gasteiger partial charge is 0.244 e. The molecular weight excluding hydrogens is 244 g/mol. The molecule has 0 saturated carbocycles. The van der Waals surface area contributed by atoms with E-state index in [1.54, 1.807) is 23.9 Å². The minimum Gasteiger partial charge on any atom is -0.249 e. The van der Waals surface area contributed by atoms with E-state index in [4.69, 9.17) is 0 Å². The van der Waals surface area contributed by atoms with E-state index < -0.39 is 10.0 Å². The Morgan fingerprint density at radius 1 is 1.31 bits per heavy atom. The van der Waals surface area contributed by atoms with E-state index in [2.05, 4.69) is 18.8 Å². The minimum atomic E-state index is -3.36. The Hall–Kier alpha value is -0.590. The van der Waals surface area contributed by atoms with E-state index in [0.29, 0.717) is 5.25 Å². The number of aromatic nitrogens is 1. The summed E-state index contributed by atoms with van der Waals surface area (Å²) >= 11 is 1.61. The lowest BCUT2D eigenvalue weighted by molar-refractivity contribution is 0.520. The molecule has 0 fully saturated rings. The van der Waals surface area contributed by atoms with Crippen molar-refractivity contribution in [1.29, 1.82) is 0 Å². The van der Waals surface area contributed by atoms with Crippen molar-refractivity contribution < 1.29 is 8.42 Å². The first-order valence-electron chi connectivity index (χ1n) is 4.89. The third-order valence-electron chi connectivity index (χ3n) is 1.84. The summed E-state index contributed by atoms with van der Waals surface area (Å²) < 4.78 is 24.7. The van der Waals surface area contributed by atoms with Crippen LogP contribution in [-0.2, 0) is 10.0 Å². The molecule has 1 rings (SSSR count). The van der Waals surface area contributed by atoms with Crippen LogP contribution in [0.3, 0.4) is 0 Å². The van der Waals surface area contributed by atoms with E-state index in [1.807, 2.05) is 0 Å². The molecule has 0 aliphatic rings. The average Bonchev–Trinajstić information content (AvgIpc) is 2.17. The second-order valence-corrected chi connectivity index (χ2v) is 7.53. The van der Waals surface area contributed by atoms with Gasteiger partial charge in [0.1, 0.15) is 4.90 Å². The average molecular weight is 260 g/mol. The van der Waals surface area contributed by atoms with E-state index in [0.717, 1.165) is 5.03 Å². The highest BCUT2D eigenvalue weighted by atomic mass is 32.2. The number of nitrogens with zero attached hydrogens (tertiary/aromatic N) is 2. The monoisotopic (exact) mass is 260 g/mol. The fraction of sp³-hybridized carbons (Fsp3) is 0.500. The molecule has 0 radical (unpaired) electrons. The molecule has 6 heteroatoms. The maximum Gasteiger partial charge on any atom is 0.244 e. The fourth-order valence-electron chi connectivity index (χ4n) is 1.04. The molecule has 0 aliphatic heterocycles. The van der Waals surface area contributed by atoms with Gasteiger partial charge in [0, 0.05) is 25.5 Å². The van der Waals surface area contributed by atoms with Gasteiger partial charge in [0.05, 0.1) is 5.03 Å². The molecule has 0 aliphatic carbocycles. The Bertz CT molecular complexity index is 438. The molecule has 4 nitrogen and oxygen atoms in total. The first-order chi connectivity index (χ1) is 7.34. The van der Waals surface area contributed by atoms with Gasteiger partial charge in [-0.25, -0.2) is 17.7 Å². The summed E-state index contributed by atoms with van der Waals surface area (Å²) in [5, 5.41) is 1.27. The number of rotatable bonds is 4. The molecular formula is C10H16N2O2S2. The van der Waals surface area contributed by atoms with Crippen molar-refractivity contribution in [3.05, 3.63) is 18.3 Å². The van der Waals surface area contributed by atoms with Crippen LogP contribution in [0.25, 0.3) is 0 Å². The van der Waals surface area contributed by atoms with Crippen LogP contribution in [-0.4, -0.2) is 37.1 Å². The second kappa shape index (κ2) is 5.16. The molecule has 0 aromatic carbocycles. The van der Waals surface area contributed by atoms with E-state index in [9.17, 15) is 8.42 Å². The third-order valence-corrected chi connectivity index (χ3v) is 4.60. The predicted molar refractivity (Wildman–Crippen MR) is 66.1 cm³/mol. The summed E-state index contributed by atoms with van der Waals surface area (Å²) in [5.74, 6) is 0. The molecule has 0 unspecified atom stereocenters. The van der Waals surface area contributed by atoms with Crippen molar-refractivity contribution in [2.45, 2.75) is 29.0 Å². The minimum absolute atomic E-state index is 0.227. The Labute approximate surface area is 101 Å². The maximum atomic E-state index is 11.7. The Morgan fingerprint density at radius 3 is 2.31 bits per heavy atom. The summed E-state index contributed by atoms with van der Waals surface area (Å²) in [4.78, 5) is 4.35. The molecule has 16 heavy (non-hydrogen) atoms. The number of sulfonamides is 1. The van der Waals surface area contributed by atoms with Crippen LogP contribution in [0.4, 0.5) is 0 Å². The second-order valence-electron chi connectivity index (χ2n) is 3.79. The van der Waals surface area contributed by atoms with Crippen LogP contribution < -0.4 is 0 Å². The summed E-state index contributed by atoms with van der Waals surface area (Å²) in [6.07, 6.45) is 1.40. The maximum absolute atomic E-state index is 11.7. The van der Waals surface area contributed by atoms with Crippen LogP contribution in [0.2, 0.25) is 0 Å². The number of hydrogen-bond acceptors (Lipinski definition) is 4. The van der Waals surface area contributed by atoms with Gasteiger partial charge in [-0.3, -0.25) is 0 Å². The lowest BCUT2D eigenvalue weighted by Gasteiger charge is -2.11. The van der Waals surface area contributed by atoms with Gasteiger partial charge in [-0.15, -0.1) is 11.8 Å². The molecule has 0 N–H and O–H groups in total. The summed E-state index contributed by atoms with van der Waals surface area (Å²) in [7, 11) is -0.348. The van der Waals surface area contributed by atoms with Crippen LogP contribution in [0.1, 0.15) is 13.8 Å². The van der Waals surface area contributed by atoms with Crippen molar-refractivity contribution in [2.24, 2.45) is 0 Å². The molecule has 0 bridgehead atoms. The Morgan fingerprint density at radius 2 is 1.94 bits per heavy atom. The third kappa shape index (κ3) is 3.20. The number of hydrogen-bond donors (Lipinski definition) is 0. The van der Waals surface area contributed by atoms with Gasteiger partial charge in [-0.05, 0) is 12.1 Å². The van der Waals surface area contributed by atoms with Crippen LogP contribution in [0, 0.1) is 0 Å². The predicted octanol–water partition coefficient (Wildman–Crippen LogP) is 1.83. The zero-order chi connectivity index (χ0) is 12.3. The standard InChI is InChI=1S/C10H16N2O2S2/c1-8(2)15-10-6-5-9(7-11-10)16(13,14)12(3)4/h5-8H,1-4H3. The molecule has 90 valence electrons. The normalized spacial score (nSPS) is 12.4. The largest absolute Gasteiger partial charge is 0.249 e. The molecule has 1 heterocycles. The van der Waals surface area contributed by atoms with Crippen molar-refractivity contribution >= 4 is 21.8 Å². The van der Waals surface area contributed by atoms with Crippen LogP contribution in [0.5, 0.6) is 0 Å². The summed E-state index contributed by atoms with van der Waals surface area (Å²) in [5.41, 5.74) is 0. The van der Waals surface area contributed by atoms with Crippen molar-refractivity contribution in [3.8, 4) is 0 Å². The van der Waals surface area contributed by atoms with E-state index in [-0.39, 0.29) is 4.90 Å². The molecule has 0 amide bonds. The fourth-order valence-corrected chi connectivity index (χ4v) is 2.63. The highest BCUT2D eigenvalue weighted by Crippen LogP contribution is 2.21. The number of pyridine rings is 1. The van der Waals surface area contributed by atoms with Gasteiger partial charge in [0.2, 0.25) is 10.0 Å². The quantitative estimate of drug-likeness (QED) is 0.775. The highest BCUT2D eigenvalue weighted by molar-refractivity contribution is 7.99. The van der Waals surface area contributed by atoms with Crippen molar-refractivity contribution in [3.63, 3.8) is 0 Å². The highest BCUT2D eigenvalue weighted by Gasteiger charge is 2.17. The Balaban J connectivity index is 2.96. The van der Waals surface area contributed by atoms with Gasteiger partial charge in [-0.2, -0.15) is 0 Å². The first kappa shape index (κ1) is 13.5. The van der Waals surface area contributed by atoms with Crippen LogP contribution >= 0.6 is 11.8 Å². The molecule has 1 aromatic heterocycles. The van der Waals surface area contributed by atoms with E-state index >= 15 is 0 Å². The molecule has 1 aromatic rings. The zero-order valence-electron chi connectivity index (χ0n) is 9.84. The van der Waals surface area contributed by atoms with Gasteiger partial charge >= 0.3 is 0 Å². The van der Waals surface area contributed by atoms with Gasteiger partial charge < -0.3 is 0 Å². The SMILES string of the molecule is CC(C)Sc1ccc(S(=O)(=O)N(C)C)cn1. The first-order valence-corrected chi connectivity index (χ1v) is 7.21. The lowest BCUT2D eigenvalue weighted by Crippen LogP contribution is -2.22. The van der Waals surface area contributed by atoms with Gasteiger partial charge in [0.15, 0.2) is 0 Å². The van der Waals surface area contributed by atoms with Gasteiger partial charge in [0.25, 0.3) is 0 Å². The van der Waals surface area contributed by atoms with Gasteiger partial charge in [-0.1, -0.05) is 13.8 Å². The van der Waals surface area contributed by atoms with E-state index in [1.165, 1.54) is 24.6 Å². The van der Waals surface area contributed by atoms with Crippen molar-refractivity contribution in [1.82, 2.24) is 9.29 Å². The molecule has 0 spiro atoms. The number of thioether (sulfide) groups is 1. The van der Waals surface area contributed by atoms with Crippen LogP contribution in [0.15, 0.2) is 28.3 Å². The lowest BCUT2D eigenvalue weighted by atomic mass is 10.5. The molecule has 0 saturated heterocycles. The Kier molecular flexibility index (Phi) is 4.35. The zero-order valence-corrected chi connectivity index (χ0v) is 11.5. The summed E-state index contributed by atoms with van der Waals surface area (Å²) in [6.45, 7) is 4.13.